The van der Waals surface area contributed by atoms with E-state index in [1.165, 1.54) is 0 Å². The van der Waals surface area contributed by atoms with E-state index in [1.807, 2.05) is 26.8 Å². The second-order valence-electron chi connectivity index (χ2n) is 6.58. The molecular weight excluding hydrogens is 349 g/mol. The molecule has 0 spiro atoms. The topological polar surface area (TPSA) is 62.1 Å². The lowest BCUT2D eigenvalue weighted by atomic mass is 10.0. The van der Waals surface area contributed by atoms with E-state index in [1.54, 1.807) is 12.1 Å². The second-order valence-corrected chi connectivity index (χ2v) is 6.58. The highest BCUT2D eigenvalue weighted by molar-refractivity contribution is 5.91. The predicted octanol–water partition coefficient (Wildman–Crippen LogP) is 3.71. The van der Waals surface area contributed by atoms with Gasteiger partial charge in [-0.25, -0.2) is 0 Å². The first kappa shape index (κ1) is 20.2. The summed E-state index contributed by atoms with van der Waals surface area (Å²) >= 11 is 0. The zero-order valence-electron chi connectivity index (χ0n) is 15.1. The lowest BCUT2D eigenvalue weighted by Crippen LogP contribution is -2.57. The third-order valence-electron chi connectivity index (χ3n) is 4.11. The minimum absolute atomic E-state index is 0.126. The highest BCUT2D eigenvalue weighted by atomic mass is 19.4. The molecule has 2 rings (SSSR count). The number of hydrogen-bond donors (Lipinski definition) is 1. The van der Waals surface area contributed by atoms with Crippen molar-refractivity contribution in [3.05, 3.63) is 29.3 Å². The average molecular weight is 372 g/mol. The SMILES string of the molecule is CCCCC1=NN(C(=O)COc2cc(C)cc(C)c2)[C@](O)(C(F)(F)F)C1. The van der Waals surface area contributed by atoms with Gasteiger partial charge in [0.05, 0.1) is 0 Å². The fourth-order valence-corrected chi connectivity index (χ4v) is 2.84. The molecule has 5 nitrogen and oxygen atoms in total. The van der Waals surface area contributed by atoms with Gasteiger partial charge in [-0.2, -0.15) is 23.3 Å². The maximum atomic E-state index is 13.4. The van der Waals surface area contributed by atoms with Crippen molar-refractivity contribution in [1.82, 2.24) is 5.01 Å². The number of aryl methyl sites for hydroxylation is 2. The van der Waals surface area contributed by atoms with E-state index in [0.29, 0.717) is 18.6 Å². The lowest BCUT2D eigenvalue weighted by Gasteiger charge is -2.32. The van der Waals surface area contributed by atoms with Gasteiger partial charge in [-0.1, -0.05) is 19.4 Å². The average Bonchev–Trinajstić information content (AvgIpc) is 2.88. The van der Waals surface area contributed by atoms with Gasteiger partial charge in [-0.15, -0.1) is 0 Å². The summed E-state index contributed by atoms with van der Waals surface area (Å²) in [5.41, 5.74) is -1.36. The molecular formula is C18H23F3N2O3. The Morgan fingerprint density at radius 1 is 1.31 bits per heavy atom. The van der Waals surface area contributed by atoms with Crippen LogP contribution in [0.3, 0.4) is 0 Å². The number of amides is 1. The monoisotopic (exact) mass is 372 g/mol. The standard InChI is InChI=1S/C18H23F3N2O3/c1-4-5-6-14-10-17(25,18(19,20)21)23(22-14)16(24)11-26-15-8-12(2)7-13(3)9-15/h7-9,25H,4-6,10-11H2,1-3H3/t17-/m1/s1. The van der Waals surface area contributed by atoms with Crippen LogP contribution in [-0.2, 0) is 4.79 Å². The quantitative estimate of drug-likeness (QED) is 0.828. The molecule has 144 valence electrons. The van der Waals surface area contributed by atoms with Gasteiger partial charge in [0, 0.05) is 12.1 Å². The number of rotatable bonds is 6. The molecule has 0 unspecified atom stereocenters. The molecule has 8 heteroatoms. The van der Waals surface area contributed by atoms with Gasteiger partial charge >= 0.3 is 6.18 Å². The number of aliphatic hydroxyl groups is 1. The van der Waals surface area contributed by atoms with Crippen molar-refractivity contribution in [1.29, 1.82) is 0 Å². The number of alkyl halides is 3. The summed E-state index contributed by atoms with van der Waals surface area (Å²) in [5.74, 6) is -0.670. The number of carbonyl (C=O) groups excluding carboxylic acids is 1. The Balaban J connectivity index is 2.15. The number of hydrazone groups is 1. The first-order valence-electron chi connectivity index (χ1n) is 8.46. The van der Waals surface area contributed by atoms with Crippen LogP contribution in [0.4, 0.5) is 13.2 Å². The summed E-state index contributed by atoms with van der Waals surface area (Å²) < 4.78 is 45.4. The molecule has 1 atom stereocenters. The van der Waals surface area contributed by atoms with Crippen LogP contribution in [0.15, 0.2) is 23.3 Å². The molecule has 0 saturated carbocycles. The Hall–Kier alpha value is -2.09. The predicted molar refractivity (Wildman–Crippen MR) is 90.8 cm³/mol. The zero-order valence-corrected chi connectivity index (χ0v) is 15.1. The number of benzene rings is 1. The number of halogens is 3. The van der Waals surface area contributed by atoms with Gasteiger partial charge in [0.2, 0.25) is 0 Å². The van der Waals surface area contributed by atoms with Gasteiger partial charge in [-0.05, 0) is 49.9 Å². The van der Waals surface area contributed by atoms with Gasteiger partial charge in [0.15, 0.2) is 6.61 Å². The van der Waals surface area contributed by atoms with Crippen LogP contribution >= 0.6 is 0 Å². The smallest absolute Gasteiger partial charge is 0.438 e. The number of unbranched alkanes of at least 4 members (excludes halogenated alkanes) is 1. The highest BCUT2D eigenvalue weighted by Crippen LogP contribution is 2.41. The van der Waals surface area contributed by atoms with Crippen LogP contribution in [0.2, 0.25) is 0 Å². The molecule has 0 fully saturated rings. The Morgan fingerprint density at radius 3 is 2.46 bits per heavy atom. The van der Waals surface area contributed by atoms with Gasteiger partial charge in [-0.3, -0.25) is 4.79 Å². The molecule has 0 bridgehead atoms. The Bertz CT molecular complexity index is 683. The van der Waals surface area contributed by atoms with E-state index < -0.39 is 30.8 Å². The van der Waals surface area contributed by atoms with E-state index in [9.17, 15) is 23.1 Å². The molecule has 0 radical (unpaired) electrons. The first-order valence-corrected chi connectivity index (χ1v) is 8.46. The fourth-order valence-electron chi connectivity index (χ4n) is 2.84. The van der Waals surface area contributed by atoms with Gasteiger partial charge in [0.1, 0.15) is 5.75 Å². The molecule has 26 heavy (non-hydrogen) atoms. The second kappa shape index (κ2) is 7.65. The van der Waals surface area contributed by atoms with Crippen LogP contribution in [-0.4, -0.2) is 40.2 Å². The van der Waals surface area contributed by atoms with Gasteiger partial charge in [0.25, 0.3) is 11.6 Å². The number of hydrogen-bond acceptors (Lipinski definition) is 4. The van der Waals surface area contributed by atoms with Crippen molar-refractivity contribution in [3.8, 4) is 5.75 Å². The van der Waals surface area contributed by atoms with E-state index in [2.05, 4.69) is 5.10 Å². The Kier molecular flexibility index (Phi) is 5.95. The summed E-state index contributed by atoms with van der Waals surface area (Å²) in [7, 11) is 0. The molecule has 1 aliphatic rings. The van der Waals surface area contributed by atoms with Crippen LogP contribution < -0.4 is 4.74 Å². The summed E-state index contributed by atoms with van der Waals surface area (Å²) in [4.78, 5) is 12.3. The van der Waals surface area contributed by atoms with Crippen molar-refractivity contribution in [2.24, 2.45) is 5.10 Å². The van der Waals surface area contributed by atoms with E-state index in [4.69, 9.17) is 4.74 Å². The van der Waals surface area contributed by atoms with Crippen molar-refractivity contribution >= 4 is 11.6 Å². The maximum absolute atomic E-state index is 13.4. The maximum Gasteiger partial charge on any atom is 0.438 e. The number of nitrogens with zero attached hydrogens (tertiary/aromatic N) is 2. The van der Waals surface area contributed by atoms with Crippen molar-refractivity contribution < 1.29 is 27.8 Å². The summed E-state index contributed by atoms with van der Waals surface area (Å²) in [5, 5.41) is 14.0. The van der Waals surface area contributed by atoms with Crippen LogP contribution in [0.1, 0.15) is 43.7 Å². The summed E-state index contributed by atoms with van der Waals surface area (Å²) in [6.45, 7) is 4.93. The molecule has 1 N–H and O–H groups in total. The molecule has 0 aromatic heterocycles. The van der Waals surface area contributed by atoms with E-state index in [0.717, 1.165) is 17.5 Å². The number of carbonyl (C=O) groups is 1. The van der Waals surface area contributed by atoms with Crippen LogP contribution in [0, 0.1) is 13.8 Å². The van der Waals surface area contributed by atoms with Crippen molar-refractivity contribution in [2.45, 2.75) is 58.4 Å². The van der Waals surface area contributed by atoms with E-state index >= 15 is 0 Å². The molecule has 1 aromatic rings. The Labute approximate surface area is 150 Å². The lowest BCUT2D eigenvalue weighted by molar-refractivity contribution is -0.302. The Morgan fingerprint density at radius 2 is 1.92 bits per heavy atom. The minimum Gasteiger partial charge on any atom is -0.484 e. The zero-order chi connectivity index (χ0) is 19.5. The molecule has 0 saturated heterocycles. The molecule has 0 aliphatic carbocycles. The third-order valence-corrected chi connectivity index (χ3v) is 4.11. The normalized spacial score (nSPS) is 20.3. The largest absolute Gasteiger partial charge is 0.484 e. The molecule has 1 amide bonds. The van der Waals surface area contributed by atoms with Crippen LogP contribution in [0.25, 0.3) is 0 Å². The molecule has 1 aromatic carbocycles. The summed E-state index contributed by atoms with van der Waals surface area (Å²) in [6, 6.07) is 5.26. The van der Waals surface area contributed by atoms with Crippen LogP contribution in [0.5, 0.6) is 5.75 Å². The highest BCUT2D eigenvalue weighted by Gasteiger charge is 2.63. The third kappa shape index (κ3) is 4.35. The van der Waals surface area contributed by atoms with E-state index in [-0.39, 0.29) is 10.7 Å². The number of ether oxygens (including phenoxy) is 1. The fraction of sp³-hybridized carbons (Fsp3) is 0.556. The molecule has 1 aliphatic heterocycles. The first-order chi connectivity index (χ1) is 12.1. The molecule has 1 heterocycles. The minimum atomic E-state index is -5.01. The van der Waals surface area contributed by atoms with Gasteiger partial charge < -0.3 is 9.84 Å². The van der Waals surface area contributed by atoms with Crippen molar-refractivity contribution in [2.75, 3.05) is 6.61 Å². The van der Waals surface area contributed by atoms with Crippen molar-refractivity contribution in [3.63, 3.8) is 0 Å². The summed E-state index contributed by atoms with van der Waals surface area (Å²) in [6.07, 6.45) is -4.04.